The molecule has 156 valence electrons. The molecule has 1 heterocycles. The zero-order valence-corrected chi connectivity index (χ0v) is 19.5. The van der Waals surface area contributed by atoms with Crippen LogP contribution in [0.4, 0.5) is 5.13 Å². The van der Waals surface area contributed by atoms with E-state index in [4.69, 9.17) is 4.98 Å². The van der Waals surface area contributed by atoms with Crippen molar-refractivity contribution in [2.45, 2.75) is 34.6 Å². The van der Waals surface area contributed by atoms with E-state index in [0.717, 1.165) is 51.7 Å². The van der Waals surface area contributed by atoms with Crippen molar-refractivity contribution in [3.05, 3.63) is 58.7 Å². The molecule has 29 heavy (non-hydrogen) atoms. The van der Waals surface area contributed by atoms with Crippen molar-refractivity contribution in [1.29, 1.82) is 0 Å². The number of anilines is 1. The fourth-order valence-electron chi connectivity index (χ4n) is 3.29. The van der Waals surface area contributed by atoms with Crippen molar-refractivity contribution in [2.24, 2.45) is 0 Å². The third-order valence-corrected chi connectivity index (χ3v) is 6.42. The van der Waals surface area contributed by atoms with Gasteiger partial charge in [0.05, 0.1) is 10.2 Å². The topological polar surface area (TPSA) is 36.4 Å². The Morgan fingerprint density at radius 3 is 2.31 bits per heavy atom. The Morgan fingerprint density at radius 1 is 0.966 bits per heavy atom. The van der Waals surface area contributed by atoms with Crippen molar-refractivity contribution in [3.8, 4) is 0 Å². The van der Waals surface area contributed by atoms with Crippen LogP contribution < -0.4 is 4.90 Å². The molecule has 0 radical (unpaired) electrons. The van der Waals surface area contributed by atoms with Crippen LogP contribution in [0.3, 0.4) is 0 Å². The van der Waals surface area contributed by atoms with Crippen LogP contribution in [-0.2, 0) is 0 Å². The highest BCUT2D eigenvalue weighted by molar-refractivity contribution is 7.22. The van der Waals surface area contributed by atoms with Gasteiger partial charge in [-0.2, -0.15) is 0 Å². The van der Waals surface area contributed by atoms with Crippen LogP contribution in [0.1, 0.15) is 40.9 Å². The molecule has 3 rings (SSSR count). The maximum Gasteiger partial charge on any atom is 0.260 e. The first kappa shape index (κ1) is 23.3. The summed E-state index contributed by atoms with van der Waals surface area (Å²) < 4.78 is 1.12. The second kappa shape index (κ2) is 10.2. The Balaban J connectivity index is 0.00000300. The van der Waals surface area contributed by atoms with Gasteiger partial charge in [0.15, 0.2) is 5.13 Å². The van der Waals surface area contributed by atoms with Gasteiger partial charge < -0.3 is 4.90 Å². The third-order valence-electron chi connectivity index (χ3n) is 5.37. The van der Waals surface area contributed by atoms with Gasteiger partial charge in [0.2, 0.25) is 0 Å². The van der Waals surface area contributed by atoms with Gasteiger partial charge in [-0.15, -0.1) is 12.4 Å². The highest BCUT2D eigenvalue weighted by Crippen LogP contribution is 2.31. The summed E-state index contributed by atoms with van der Waals surface area (Å²) in [5, 5.41) is 0.777. The van der Waals surface area contributed by atoms with E-state index in [9.17, 15) is 4.79 Å². The number of aromatic nitrogens is 1. The summed E-state index contributed by atoms with van der Waals surface area (Å²) in [6, 6.07) is 12.1. The van der Waals surface area contributed by atoms with Crippen molar-refractivity contribution < 1.29 is 4.79 Å². The Kier molecular flexibility index (Phi) is 8.20. The Labute approximate surface area is 184 Å². The Bertz CT molecular complexity index is 981. The van der Waals surface area contributed by atoms with Gasteiger partial charge in [0, 0.05) is 18.7 Å². The van der Waals surface area contributed by atoms with E-state index < -0.39 is 0 Å². The van der Waals surface area contributed by atoms with Gasteiger partial charge in [0.1, 0.15) is 0 Å². The summed E-state index contributed by atoms with van der Waals surface area (Å²) in [4.78, 5) is 22.5. The van der Waals surface area contributed by atoms with Crippen molar-refractivity contribution >= 4 is 45.0 Å². The summed E-state index contributed by atoms with van der Waals surface area (Å²) in [7, 11) is 0. The highest BCUT2D eigenvalue weighted by Gasteiger charge is 2.22. The first-order valence-corrected chi connectivity index (χ1v) is 10.7. The van der Waals surface area contributed by atoms with Crippen molar-refractivity contribution in [2.75, 3.05) is 31.1 Å². The molecule has 0 bridgehead atoms. The van der Waals surface area contributed by atoms with Crippen LogP contribution in [0.15, 0.2) is 36.4 Å². The number of aryl methyl sites for hydroxylation is 3. The predicted octanol–water partition coefficient (Wildman–Crippen LogP) is 5.63. The van der Waals surface area contributed by atoms with Gasteiger partial charge in [-0.05, 0) is 68.8 Å². The van der Waals surface area contributed by atoms with Crippen LogP contribution in [0.2, 0.25) is 0 Å². The lowest BCUT2D eigenvalue weighted by atomic mass is 10.1. The van der Waals surface area contributed by atoms with E-state index >= 15 is 0 Å². The Morgan fingerprint density at radius 2 is 1.69 bits per heavy atom. The molecular formula is C23H30ClN3OS. The number of carbonyl (C=O) groups excluding carboxylic acids is 1. The number of benzene rings is 2. The Hall–Kier alpha value is -1.95. The number of carbonyl (C=O) groups is 1. The number of thiazole rings is 1. The molecule has 4 nitrogen and oxygen atoms in total. The fraction of sp³-hybridized carbons (Fsp3) is 0.391. The quantitative estimate of drug-likeness (QED) is 0.486. The van der Waals surface area contributed by atoms with Crippen LogP contribution in [0.5, 0.6) is 0 Å². The van der Waals surface area contributed by atoms with Gasteiger partial charge in [0.25, 0.3) is 5.91 Å². The smallest absolute Gasteiger partial charge is 0.260 e. The number of halogens is 1. The number of amides is 1. The van der Waals surface area contributed by atoms with E-state index in [1.165, 1.54) is 5.56 Å². The minimum absolute atomic E-state index is 0. The summed E-state index contributed by atoms with van der Waals surface area (Å²) in [6.45, 7) is 13.9. The summed E-state index contributed by atoms with van der Waals surface area (Å²) in [6.07, 6.45) is 0. The van der Waals surface area contributed by atoms with Crippen molar-refractivity contribution in [1.82, 2.24) is 9.88 Å². The zero-order valence-electron chi connectivity index (χ0n) is 17.9. The highest BCUT2D eigenvalue weighted by atomic mass is 35.5. The molecule has 0 N–H and O–H groups in total. The lowest BCUT2D eigenvalue weighted by Crippen LogP contribution is -2.38. The predicted molar refractivity (Wildman–Crippen MR) is 127 cm³/mol. The third kappa shape index (κ3) is 5.16. The van der Waals surface area contributed by atoms with E-state index in [1.54, 1.807) is 11.3 Å². The molecule has 0 aliphatic heterocycles. The molecule has 0 fully saturated rings. The molecule has 6 heteroatoms. The molecule has 0 saturated carbocycles. The maximum atomic E-state index is 13.4. The van der Waals surface area contributed by atoms with E-state index in [2.05, 4.69) is 44.7 Å². The lowest BCUT2D eigenvalue weighted by Gasteiger charge is -2.25. The summed E-state index contributed by atoms with van der Waals surface area (Å²) in [5.41, 5.74) is 5.18. The average Bonchev–Trinajstić information content (AvgIpc) is 3.12. The fourth-order valence-corrected chi connectivity index (χ4v) is 4.35. The number of hydrogen-bond acceptors (Lipinski definition) is 4. The molecular weight excluding hydrogens is 402 g/mol. The first-order valence-electron chi connectivity index (χ1n) is 9.92. The van der Waals surface area contributed by atoms with Crippen LogP contribution >= 0.6 is 23.7 Å². The van der Waals surface area contributed by atoms with Crippen LogP contribution in [-0.4, -0.2) is 42.0 Å². The molecule has 0 saturated heterocycles. The molecule has 0 aliphatic carbocycles. The molecule has 0 spiro atoms. The second-order valence-electron chi connectivity index (χ2n) is 7.20. The molecule has 2 aromatic carbocycles. The normalized spacial score (nSPS) is 11.0. The van der Waals surface area contributed by atoms with Gasteiger partial charge >= 0.3 is 0 Å². The van der Waals surface area contributed by atoms with Crippen LogP contribution in [0.25, 0.3) is 10.2 Å². The monoisotopic (exact) mass is 431 g/mol. The van der Waals surface area contributed by atoms with E-state index in [0.29, 0.717) is 6.54 Å². The number of rotatable bonds is 7. The van der Waals surface area contributed by atoms with E-state index in [1.807, 2.05) is 36.1 Å². The van der Waals surface area contributed by atoms with Gasteiger partial charge in [-0.25, -0.2) is 4.98 Å². The standard InChI is InChI=1S/C23H29N3OS.ClH/c1-6-25(7-2)13-14-26(22(27)19-12-11-16(3)18(5)15-19)23-24-21-17(4)9-8-10-20(21)28-23;/h8-12,15H,6-7,13-14H2,1-5H3;1H. The molecule has 0 aliphatic rings. The lowest BCUT2D eigenvalue weighted by molar-refractivity contribution is 0.0983. The largest absolute Gasteiger partial charge is 0.302 e. The molecule has 0 unspecified atom stereocenters. The van der Waals surface area contributed by atoms with E-state index in [-0.39, 0.29) is 18.3 Å². The summed E-state index contributed by atoms with van der Waals surface area (Å²) >= 11 is 1.59. The minimum Gasteiger partial charge on any atom is -0.302 e. The average molecular weight is 432 g/mol. The van der Waals surface area contributed by atoms with Gasteiger partial charge in [-0.3, -0.25) is 9.69 Å². The maximum absolute atomic E-state index is 13.4. The van der Waals surface area contributed by atoms with Gasteiger partial charge in [-0.1, -0.05) is 43.4 Å². The molecule has 0 atom stereocenters. The molecule has 1 aromatic heterocycles. The molecule has 3 aromatic rings. The number of para-hydroxylation sites is 1. The van der Waals surface area contributed by atoms with Crippen LogP contribution in [0, 0.1) is 20.8 Å². The second-order valence-corrected chi connectivity index (χ2v) is 8.21. The first-order chi connectivity index (χ1) is 13.4. The number of fused-ring (bicyclic) bond motifs is 1. The molecule has 1 amide bonds. The number of hydrogen-bond donors (Lipinski definition) is 0. The SMILES string of the molecule is CCN(CC)CCN(C(=O)c1ccc(C)c(C)c1)c1nc2c(C)cccc2s1.Cl. The van der Waals surface area contributed by atoms with Crippen molar-refractivity contribution in [3.63, 3.8) is 0 Å². The minimum atomic E-state index is 0. The number of likely N-dealkylation sites (N-methyl/N-ethyl adjacent to an activating group) is 1. The number of nitrogens with zero attached hydrogens (tertiary/aromatic N) is 3. The zero-order chi connectivity index (χ0) is 20.3. The summed E-state index contributed by atoms with van der Waals surface area (Å²) in [5.74, 6) is 0.0203.